The molecule has 1 aliphatic heterocycles. The Morgan fingerprint density at radius 1 is 0.976 bits per heavy atom. The van der Waals surface area contributed by atoms with Crippen LogP contribution in [0.25, 0.3) is 0 Å². The minimum atomic E-state index is -0.640. The number of nitrogens with zero attached hydrogens (tertiary/aromatic N) is 2. The molecule has 5 rings (SSSR count). The first-order valence-electron chi connectivity index (χ1n) is 14.7. The standard InChI is InChI=1S/C34H38Cl2FN3O2/c1-24(41)38-33(26-7-4-3-5-8-26)16-19-40(20-17-33)18-6-9-28-22-34(28,27-12-15-30(35)31(36)21-27)32(42)39(2)23-25-10-13-29(37)14-11-25/h3-5,7-8,10-15,21,28H,6,9,16-20,22-23H2,1-2H3,(H,38,41)/t28-,34-/m1/s1. The molecule has 2 amide bonds. The van der Waals surface area contributed by atoms with E-state index in [0.29, 0.717) is 16.6 Å². The van der Waals surface area contributed by atoms with Crippen molar-refractivity contribution in [3.05, 3.63) is 105 Å². The highest BCUT2D eigenvalue weighted by atomic mass is 35.5. The van der Waals surface area contributed by atoms with Crippen molar-refractivity contribution in [3.63, 3.8) is 0 Å². The number of halogens is 3. The van der Waals surface area contributed by atoms with Crippen molar-refractivity contribution >= 4 is 35.0 Å². The van der Waals surface area contributed by atoms with Gasteiger partial charge in [-0.05, 0) is 85.5 Å². The van der Waals surface area contributed by atoms with E-state index in [-0.39, 0.29) is 29.1 Å². The smallest absolute Gasteiger partial charge is 0.233 e. The van der Waals surface area contributed by atoms with Crippen molar-refractivity contribution in [1.29, 1.82) is 0 Å². The molecule has 2 fully saturated rings. The lowest BCUT2D eigenvalue weighted by Crippen LogP contribution is -2.52. The molecule has 0 spiro atoms. The Morgan fingerprint density at radius 3 is 2.31 bits per heavy atom. The number of rotatable bonds is 10. The number of hydrogen-bond donors (Lipinski definition) is 1. The Kier molecular flexibility index (Phi) is 9.26. The average Bonchev–Trinajstić information content (AvgIpc) is 3.71. The van der Waals surface area contributed by atoms with Gasteiger partial charge in [-0.15, -0.1) is 0 Å². The fourth-order valence-electron chi connectivity index (χ4n) is 6.77. The predicted octanol–water partition coefficient (Wildman–Crippen LogP) is 6.96. The van der Waals surface area contributed by atoms with E-state index >= 15 is 0 Å². The Morgan fingerprint density at radius 2 is 1.67 bits per heavy atom. The summed E-state index contributed by atoms with van der Waals surface area (Å²) in [6.45, 7) is 4.73. The zero-order valence-electron chi connectivity index (χ0n) is 24.2. The molecule has 2 aliphatic rings. The van der Waals surface area contributed by atoms with Gasteiger partial charge in [0.15, 0.2) is 0 Å². The second-order valence-electron chi connectivity index (χ2n) is 11.9. The maximum Gasteiger partial charge on any atom is 0.233 e. The Labute approximate surface area is 258 Å². The second-order valence-corrected chi connectivity index (χ2v) is 12.7. The third-order valence-electron chi connectivity index (χ3n) is 9.08. The molecule has 0 radical (unpaired) electrons. The number of piperidine rings is 1. The molecular weight excluding hydrogens is 572 g/mol. The van der Waals surface area contributed by atoms with Gasteiger partial charge in [0.2, 0.25) is 11.8 Å². The first-order valence-corrected chi connectivity index (χ1v) is 15.4. The second kappa shape index (κ2) is 12.7. The quantitative estimate of drug-likeness (QED) is 0.270. The fourth-order valence-corrected chi connectivity index (χ4v) is 7.06. The molecule has 8 heteroatoms. The molecule has 1 heterocycles. The Hall–Kier alpha value is -2.93. The Balaban J connectivity index is 1.23. The minimum Gasteiger partial charge on any atom is -0.347 e. The summed E-state index contributed by atoms with van der Waals surface area (Å²) in [7, 11) is 1.81. The van der Waals surface area contributed by atoms with E-state index in [4.69, 9.17) is 23.2 Å². The van der Waals surface area contributed by atoms with Gasteiger partial charge in [0, 0.05) is 33.6 Å². The highest BCUT2D eigenvalue weighted by molar-refractivity contribution is 6.42. The van der Waals surface area contributed by atoms with Crippen LogP contribution in [-0.2, 0) is 27.1 Å². The largest absolute Gasteiger partial charge is 0.347 e. The van der Waals surface area contributed by atoms with Crippen molar-refractivity contribution < 1.29 is 14.0 Å². The summed E-state index contributed by atoms with van der Waals surface area (Å²) in [5.41, 5.74) is 1.97. The number of carbonyl (C=O) groups excluding carboxylic acids is 2. The third kappa shape index (κ3) is 6.51. The van der Waals surface area contributed by atoms with E-state index in [0.717, 1.165) is 68.4 Å². The van der Waals surface area contributed by atoms with Gasteiger partial charge in [-0.2, -0.15) is 0 Å². The zero-order chi connectivity index (χ0) is 29.9. The first-order chi connectivity index (χ1) is 20.1. The fraction of sp³-hybridized carbons (Fsp3) is 0.412. The minimum absolute atomic E-state index is 0.00579. The predicted molar refractivity (Wildman–Crippen MR) is 166 cm³/mol. The number of likely N-dealkylation sites (N-methyl/N-ethyl adjacent to an activating group) is 1. The molecule has 2 atom stereocenters. The molecular formula is C34H38Cl2FN3O2. The van der Waals surface area contributed by atoms with Crippen LogP contribution in [0.4, 0.5) is 4.39 Å². The summed E-state index contributed by atoms with van der Waals surface area (Å²) >= 11 is 12.6. The topological polar surface area (TPSA) is 52.7 Å². The number of amides is 2. The summed E-state index contributed by atoms with van der Waals surface area (Å²) in [6.07, 6.45) is 4.38. The number of nitrogens with one attached hydrogen (secondary N) is 1. The van der Waals surface area contributed by atoms with Gasteiger partial charge >= 0.3 is 0 Å². The molecule has 0 aromatic heterocycles. The maximum absolute atomic E-state index is 14.0. The number of hydrogen-bond acceptors (Lipinski definition) is 3. The van der Waals surface area contributed by atoms with Crippen molar-refractivity contribution in [3.8, 4) is 0 Å². The van der Waals surface area contributed by atoms with Crippen molar-refractivity contribution in [2.75, 3.05) is 26.7 Å². The van der Waals surface area contributed by atoms with Crippen LogP contribution in [0.3, 0.4) is 0 Å². The van der Waals surface area contributed by atoms with Gasteiger partial charge in [-0.25, -0.2) is 4.39 Å². The van der Waals surface area contributed by atoms with Crippen LogP contribution in [0.5, 0.6) is 0 Å². The average molecular weight is 611 g/mol. The monoisotopic (exact) mass is 609 g/mol. The molecule has 5 nitrogen and oxygen atoms in total. The lowest BCUT2D eigenvalue weighted by atomic mass is 9.80. The maximum atomic E-state index is 14.0. The molecule has 42 heavy (non-hydrogen) atoms. The molecule has 222 valence electrons. The zero-order valence-corrected chi connectivity index (χ0v) is 25.7. The molecule has 3 aromatic rings. The molecule has 1 N–H and O–H groups in total. The summed E-state index contributed by atoms with van der Waals surface area (Å²) in [5.74, 6) is -0.0489. The van der Waals surface area contributed by atoms with Gasteiger partial charge in [0.25, 0.3) is 0 Å². The van der Waals surface area contributed by atoms with Gasteiger partial charge < -0.3 is 15.1 Å². The van der Waals surface area contributed by atoms with Gasteiger partial charge in [-0.3, -0.25) is 9.59 Å². The SMILES string of the molecule is CC(=O)NC1(c2ccccc2)CCN(CCC[C@@H]2C[C@@]2(C(=O)N(C)Cc2ccc(F)cc2)c2ccc(Cl)c(Cl)c2)CC1. The first kappa shape index (κ1) is 30.5. The highest BCUT2D eigenvalue weighted by Crippen LogP contribution is 2.58. The Bertz CT molecular complexity index is 1410. The van der Waals surface area contributed by atoms with Crippen LogP contribution in [0.2, 0.25) is 10.0 Å². The third-order valence-corrected chi connectivity index (χ3v) is 9.82. The van der Waals surface area contributed by atoms with Crippen LogP contribution in [0, 0.1) is 11.7 Å². The van der Waals surface area contributed by atoms with Crippen molar-refractivity contribution in [2.24, 2.45) is 5.92 Å². The molecule has 0 bridgehead atoms. The number of carbonyl (C=O) groups is 2. The van der Waals surface area contributed by atoms with E-state index in [1.807, 2.05) is 37.4 Å². The van der Waals surface area contributed by atoms with Crippen LogP contribution in [0.15, 0.2) is 72.8 Å². The van der Waals surface area contributed by atoms with E-state index in [2.05, 4.69) is 22.3 Å². The molecule has 1 saturated carbocycles. The summed E-state index contributed by atoms with van der Waals surface area (Å²) in [5, 5.41) is 4.17. The lowest BCUT2D eigenvalue weighted by molar-refractivity contribution is -0.133. The summed E-state index contributed by atoms with van der Waals surface area (Å²) < 4.78 is 13.4. The summed E-state index contributed by atoms with van der Waals surface area (Å²) in [6, 6.07) is 22.1. The molecule has 0 unspecified atom stereocenters. The number of benzene rings is 3. The normalized spacial score (nSPS) is 21.5. The van der Waals surface area contributed by atoms with Crippen LogP contribution in [-0.4, -0.2) is 48.3 Å². The van der Waals surface area contributed by atoms with Gasteiger partial charge in [-0.1, -0.05) is 71.7 Å². The van der Waals surface area contributed by atoms with Crippen molar-refractivity contribution in [1.82, 2.24) is 15.1 Å². The van der Waals surface area contributed by atoms with Crippen LogP contribution >= 0.6 is 23.2 Å². The number of likely N-dealkylation sites (tertiary alicyclic amines) is 1. The summed E-state index contributed by atoms with van der Waals surface area (Å²) in [4.78, 5) is 30.3. The van der Waals surface area contributed by atoms with Crippen LogP contribution in [0.1, 0.15) is 55.7 Å². The van der Waals surface area contributed by atoms with Gasteiger partial charge in [0.1, 0.15) is 5.82 Å². The molecule has 3 aromatic carbocycles. The van der Waals surface area contributed by atoms with Crippen LogP contribution < -0.4 is 5.32 Å². The van der Waals surface area contributed by atoms with E-state index in [9.17, 15) is 14.0 Å². The molecule has 1 saturated heterocycles. The van der Waals surface area contributed by atoms with Gasteiger partial charge in [0.05, 0.1) is 21.0 Å². The van der Waals surface area contributed by atoms with Crippen molar-refractivity contribution in [2.45, 2.75) is 56.5 Å². The lowest BCUT2D eigenvalue weighted by Gasteiger charge is -2.42. The van der Waals surface area contributed by atoms with E-state index in [1.165, 1.54) is 12.1 Å². The van der Waals surface area contributed by atoms with E-state index in [1.54, 1.807) is 30.0 Å². The highest BCUT2D eigenvalue weighted by Gasteiger charge is 2.61. The van der Waals surface area contributed by atoms with E-state index < -0.39 is 5.41 Å². The molecule has 1 aliphatic carbocycles.